The van der Waals surface area contributed by atoms with Crippen molar-refractivity contribution in [3.8, 4) is 0 Å². The van der Waals surface area contributed by atoms with Gasteiger partial charge in [0.2, 0.25) is 5.91 Å². The minimum atomic E-state index is -0.0276. The minimum Gasteiger partial charge on any atom is -0.355 e. The van der Waals surface area contributed by atoms with E-state index < -0.39 is 0 Å². The molecule has 3 fully saturated rings. The van der Waals surface area contributed by atoms with Gasteiger partial charge in [0.05, 0.1) is 12.1 Å². The number of urea groups is 1. The predicted octanol–water partition coefficient (Wildman–Crippen LogP) is 1.00. The average Bonchev–Trinajstić information content (AvgIpc) is 3.19. The molecule has 132 valence electrons. The maximum Gasteiger partial charge on any atom is 0.315 e. The van der Waals surface area contributed by atoms with Crippen molar-refractivity contribution in [3.63, 3.8) is 0 Å². The first-order valence-corrected chi connectivity index (χ1v) is 9.46. The largest absolute Gasteiger partial charge is 0.355 e. The van der Waals surface area contributed by atoms with Gasteiger partial charge in [-0.05, 0) is 32.2 Å². The van der Waals surface area contributed by atoms with Gasteiger partial charge in [0.15, 0.2) is 0 Å². The van der Waals surface area contributed by atoms with Crippen molar-refractivity contribution in [1.29, 1.82) is 0 Å². The zero-order chi connectivity index (χ0) is 15.4. The van der Waals surface area contributed by atoms with Gasteiger partial charge < -0.3 is 21.3 Å². The molecule has 4 atom stereocenters. The second kappa shape index (κ2) is 8.99. The van der Waals surface area contributed by atoms with Crippen LogP contribution in [0.4, 0.5) is 4.79 Å². The van der Waals surface area contributed by atoms with Gasteiger partial charge in [0.1, 0.15) is 0 Å². The van der Waals surface area contributed by atoms with E-state index in [4.69, 9.17) is 0 Å². The van der Waals surface area contributed by atoms with E-state index >= 15 is 0 Å². The first-order chi connectivity index (χ1) is 10.7. The molecule has 0 spiro atoms. The van der Waals surface area contributed by atoms with Crippen LogP contribution in [-0.2, 0) is 4.79 Å². The van der Waals surface area contributed by atoms with Crippen LogP contribution in [0, 0.1) is 0 Å². The number of carbonyl (C=O) groups is 2. The van der Waals surface area contributed by atoms with E-state index in [9.17, 15) is 9.59 Å². The third kappa shape index (κ3) is 5.16. The van der Waals surface area contributed by atoms with Crippen molar-refractivity contribution in [1.82, 2.24) is 21.3 Å². The van der Waals surface area contributed by atoms with E-state index in [0.717, 1.165) is 38.1 Å². The monoisotopic (exact) mass is 362 g/mol. The van der Waals surface area contributed by atoms with Crippen molar-refractivity contribution in [2.24, 2.45) is 0 Å². The Labute approximate surface area is 148 Å². The molecule has 0 aliphatic carbocycles. The van der Waals surface area contributed by atoms with Crippen LogP contribution in [-0.4, -0.2) is 54.2 Å². The Bertz CT molecular complexity index is 420. The molecule has 0 aromatic carbocycles. The van der Waals surface area contributed by atoms with Crippen LogP contribution in [0.25, 0.3) is 0 Å². The summed E-state index contributed by atoms with van der Waals surface area (Å²) in [5, 5.41) is 12.9. The first-order valence-electron chi connectivity index (χ1n) is 8.41. The molecule has 0 saturated carbocycles. The van der Waals surface area contributed by atoms with Crippen LogP contribution < -0.4 is 21.3 Å². The highest BCUT2D eigenvalue weighted by Gasteiger charge is 2.42. The summed E-state index contributed by atoms with van der Waals surface area (Å²) < 4.78 is 0. The van der Waals surface area contributed by atoms with E-state index in [1.54, 1.807) is 0 Å². The number of fused-ring (bicyclic) bond motifs is 1. The number of amides is 3. The summed E-state index contributed by atoms with van der Waals surface area (Å²) in [5.41, 5.74) is 0. The van der Waals surface area contributed by atoms with Crippen molar-refractivity contribution in [2.75, 3.05) is 18.8 Å². The summed E-state index contributed by atoms with van der Waals surface area (Å²) in [6.07, 6.45) is 6.05. The molecule has 0 radical (unpaired) electrons. The van der Waals surface area contributed by atoms with Gasteiger partial charge in [-0.25, -0.2) is 4.79 Å². The number of unbranched alkanes of at least 4 members (excludes halogenated alkanes) is 1. The summed E-state index contributed by atoms with van der Waals surface area (Å²) in [7, 11) is 0. The Hall–Kier alpha value is -0.660. The molecule has 0 bridgehead atoms. The average molecular weight is 363 g/mol. The highest BCUT2D eigenvalue weighted by molar-refractivity contribution is 8.00. The Balaban J connectivity index is 0.00000192. The van der Waals surface area contributed by atoms with E-state index in [-0.39, 0.29) is 30.4 Å². The molecule has 0 aromatic heterocycles. The smallest absolute Gasteiger partial charge is 0.315 e. The lowest BCUT2D eigenvalue weighted by molar-refractivity contribution is -0.121. The highest BCUT2D eigenvalue weighted by Crippen LogP contribution is 2.33. The molecular formula is C15H27ClN4O2S. The molecule has 23 heavy (non-hydrogen) atoms. The van der Waals surface area contributed by atoms with Crippen molar-refractivity contribution < 1.29 is 9.59 Å². The Morgan fingerprint density at radius 3 is 2.96 bits per heavy atom. The molecule has 3 aliphatic rings. The van der Waals surface area contributed by atoms with Gasteiger partial charge in [-0.15, -0.1) is 12.4 Å². The Morgan fingerprint density at radius 2 is 2.17 bits per heavy atom. The third-order valence-electron chi connectivity index (χ3n) is 4.79. The van der Waals surface area contributed by atoms with E-state index in [1.165, 1.54) is 12.8 Å². The number of hydrogen-bond acceptors (Lipinski definition) is 4. The molecule has 4 N–H and O–H groups in total. The fraction of sp³-hybridized carbons (Fsp3) is 0.867. The summed E-state index contributed by atoms with van der Waals surface area (Å²) >= 11 is 1.94. The van der Waals surface area contributed by atoms with Gasteiger partial charge in [-0.1, -0.05) is 6.42 Å². The van der Waals surface area contributed by atoms with Crippen molar-refractivity contribution in [3.05, 3.63) is 0 Å². The number of hydrogen-bond donors (Lipinski definition) is 4. The molecule has 0 aromatic rings. The van der Waals surface area contributed by atoms with Crippen LogP contribution in [0.1, 0.15) is 38.5 Å². The lowest BCUT2D eigenvalue weighted by Gasteiger charge is -2.16. The van der Waals surface area contributed by atoms with Crippen LogP contribution in [0.15, 0.2) is 0 Å². The summed E-state index contributed by atoms with van der Waals surface area (Å²) in [6.45, 7) is 1.84. The molecule has 6 nitrogen and oxygen atoms in total. The number of nitrogens with one attached hydrogen (secondary N) is 4. The quantitative estimate of drug-likeness (QED) is 0.402. The van der Waals surface area contributed by atoms with E-state index in [2.05, 4.69) is 21.3 Å². The van der Waals surface area contributed by atoms with Gasteiger partial charge >= 0.3 is 6.03 Å². The summed E-state index contributed by atoms with van der Waals surface area (Å²) in [4.78, 5) is 23.1. The van der Waals surface area contributed by atoms with Crippen LogP contribution in [0.3, 0.4) is 0 Å². The molecule has 1 unspecified atom stereocenters. The Kier molecular flexibility index (Phi) is 7.30. The minimum absolute atomic E-state index is 0. The number of halogens is 1. The fourth-order valence-corrected chi connectivity index (χ4v) is 5.07. The maximum absolute atomic E-state index is 11.8. The second-order valence-electron chi connectivity index (χ2n) is 6.46. The topological polar surface area (TPSA) is 82.3 Å². The highest BCUT2D eigenvalue weighted by atomic mass is 35.5. The van der Waals surface area contributed by atoms with Crippen molar-refractivity contribution in [2.45, 2.75) is 61.9 Å². The standard InChI is InChI=1S/C15H26N4O2S.ClH/c20-13(17-8-10-4-3-7-16-10)6-2-1-5-12-14-11(9-22-12)18-15(21)19-14;/h10-12,14,16H,1-9H2,(H,17,20)(H2,18,19,21);1H/t10?,11-,12-,14-;/m0./s1. The molecule has 3 amide bonds. The van der Waals surface area contributed by atoms with Gasteiger partial charge in [-0.2, -0.15) is 11.8 Å². The third-order valence-corrected chi connectivity index (χ3v) is 6.30. The summed E-state index contributed by atoms with van der Waals surface area (Å²) in [6, 6.07) is 1.01. The normalized spacial score (nSPS) is 31.9. The molecule has 3 heterocycles. The van der Waals surface area contributed by atoms with Gasteiger partial charge in [0, 0.05) is 30.0 Å². The zero-order valence-electron chi connectivity index (χ0n) is 13.3. The van der Waals surface area contributed by atoms with Crippen LogP contribution in [0.5, 0.6) is 0 Å². The van der Waals surface area contributed by atoms with Gasteiger partial charge in [-0.3, -0.25) is 4.79 Å². The summed E-state index contributed by atoms with van der Waals surface area (Å²) in [5.74, 6) is 1.17. The molecule has 3 aliphatic heterocycles. The number of carbonyl (C=O) groups excluding carboxylic acids is 2. The molecule has 8 heteroatoms. The predicted molar refractivity (Wildman–Crippen MR) is 95.2 cm³/mol. The lowest BCUT2D eigenvalue weighted by atomic mass is 10.0. The number of rotatable bonds is 7. The second-order valence-corrected chi connectivity index (χ2v) is 7.74. The van der Waals surface area contributed by atoms with E-state index in [1.807, 2.05) is 11.8 Å². The fourth-order valence-electron chi connectivity index (χ4n) is 3.53. The Morgan fingerprint density at radius 1 is 1.30 bits per heavy atom. The van der Waals surface area contributed by atoms with Crippen LogP contribution in [0.2, 0.25) is 0 Å². The van der Waals surface area contributed by atoms with Gasteiger partial charge in [0.25, 0.3) is 0 Å². The first kappa shape index (κ1) is 18.7. The SMILES string of the molecule is Cl.O=C(CCCC[C@@H]1SC[C@@H]2NC(=O)N[C@@H]21)NCC1CCCN1. The maximum atomic E-state index is 11.8. The van der Waals surface area contributed by atoms with Crippen LogP contribution >= 0.6 is 24.2 Å². The molecule has 3 rings (SSSR count). The van der Waals surface area contributed by atoms with E-state index in [0.29, 0.717) is 23.8 Å². The lowest BCUT2D eigenvalue weighted by Crippen LogP contribution is -2.37. The number of thioether (sulfide) groups is 1. The zero-order valence-corrected chi connectivity index (χ0v) is 14.9. The van der Waals surface area contributed by atoms with Crippen molar-refractivity contribution >= 4 is 36.1 Å². The molecular weight excluding hydrogens is 336 g/mol. The molecule has 3 saturated heterocycles.